The summed E-state index contributed by atoms with van der Waals surface area (Å²) in [4.78, 5) is 7.15. The number of nitrogens with zero attached hydrogens (tertiary/aromatic N) is 2. The van der Waals surface area contributed by atoms with Crippen LogP contribution in [0.3, 0.4) is 0 Å². The highest BCUT2D eigenvalue weighted by atomic mass is 35.5. The van der Waals surface area contributed by atoms with Crippen molar-refractivity contribution in [3.8, 4) is 0 Å². The average Bonchev–Trinajstić information content (AvgIpc) is 3.58. The summed E-state index contributed by atoms with van der Waals surface area (Å²) >= 11 is 6.58. The van der Waals surface area contributed by atoms with Gasteiger partial charge >= 0.3 is 0 Å². The minimum atomic E-state index is -0.0104. The molecule has 0 amide bonds. The Hall–Kier alpha value is -1.30. The maximum Gasteiger partial charge on any atom is 0.191 e. The first-order chi connectivity index (χ1) is 13.7. The van der Waals surface area contributed by atoms with Crippen LogP contribution >= 0.6 is 11.6 Å². The van der Waals surface area contributed by atoms with Crippen LogP contribution in [0.15, 0.2) is 29.3 Å². The monoisotopic (exact) mass is 404 g/mol. The number of guanidine groups is 1. The Bertz CT molecular complexity index is 677. The molecule has 0 radical (unpaired) electrons. The van der Waals surface area contributed by atoms with Crippen LogP contribution in [0.25, 0.3) is 0 Å². The van der Waals surface area contributed by atoms with Gasteiger partial charge in [0.2, 0.25) is 0 Å². The Morgan fingerprint density at radius 3 is 2.54 bits per heavy atom. The van der Waals surface area contributed by atoms with Crippen molar-refractivity contribution in [2.45, 2.75) is 56.0 Å². The fraction of sp³-hybridized carbons (Fsp3) is 0.682. The van der Waals surface area contributed by atoms with Crippen molar-refractivity contribution >= 4 is 17.6 Å². The molecule has 0 spiro atoms. The molecule has 28 heavy (non-hydrogen) atoms. The number of hydrogen-bond donors (Lipinski definition) is 2. The standard InChI is InChI=1S/C22H33ClN4O/c1-24-21(26-17-8-12-27(13-9-17)18-6-7-18)25-16-22(10-14-28-15-11-22)19-4-2-3-5-20(19)23/h2-5,17-18H,6-16H2,1H3,(H2,24,25,26). The molecule has 2 heterocycles. The van der Waals surface area contributed by atoms with Crippen LogP contribution in [-0.4, -0.2) is 62.8 Å². The fourth-order valence-corrected chi connectivity index (χ4v) is 5.02. The normalized spacial score (nSPS) is 24.1. The first kappa shape index (κ1) is 20.0. The lowest BCUT2D eigenvalue weighted by Gasteiger charge is -2.39. The summed E-state index contributed by atoms with van der Waals surface area (Å²) in [5.74, 6) is 0.905. The van der Waals surface area contributed by atoms with Gasteiger partial charge in [0.15, 0.2) is 5.96 Å². The highest BCUT2D eigenvalue weighted by molar-refractivity contribution is 6.31. The second-order valence-corrected chi connectivity index (χ2v) is 8.89. The smallest absolute Gasteiger partial charge is 0.191 e. The average molecular weight is 405 g/mol. The predicted octanol–water partition coefficient (Wildman–Crippen LogP) is 3.18. The summed E-state index contributed by atoms with van der Waals surface area (Å²) in [6.07, 6.45) is 7.13. The molecule has 0 bridgehead atoms. The lowest BCUT2D eigenvalue weighted by molar-refractivity contribution is 0.0514. The van der Waals surface area contributed by atoms with E-state index < -0.39 is 0 Å². The maximum atomic E-state index is 6.58. The Morgan fingerprint density at radius 2 is 1.89 bits per heavy atom. The van der Waals surface area contributed by atoms with Crippen LogP contribution < -0.4 is 10.6 Å². The molecular formula is C22H33ClN4O. The van der Waals surface area contributed by atoms with E-state index in [9.17, 15) is 0 Å². The van der Waals surface area contributed by atoms with Gasteiger partial charge in [0.05, 0.1) is 0 Å². The van der Waals surface area contributed by atoms with Gasteiger partial charge in [-0.3, -0.25) is 4.99 Å². The maximum absolute atomic E-state index is 6.58. The van der Waals surface area contributed by atoms with Crippen molar-refractivity contribution in [2.24, 2.45) is 4.99 Å². The molecule has 0 aromatic heterocycles. The molecule has 1 aromatic rings. The lowest BCUT2D eigenvalue weighted by atomic mass is 9.74. The van der Waals surface area contributed by atoms with Crippen molar-refractivity contribution in [2.75, 3.05) is 39.9 Å². The van der Waals surface area contributed by atoms with E-state index in [1.807, 2.05) is 19.2 Å². The minimum Gasteiger partial charge on any atom is -0.381 e. The van der Waals surface area contributed by atoms with Gasteiger partial charge in [0, 0.05) is 62.4 Å². The zero-order valence-electron chi connectivity index (χ0n) is 16.9. The number of aliphatic imine (C=N–C) groups is 1. The number of benzene rings is 1. The first-order valence-electron chi connectivity index (χ1n) is 10.7. The van der Waals surface area contributed by atoms with Gasteiger partial charge in [0.25, 0.3) is 0 Å². The van der Waals surface area contributed by atoms with Crippen LogP contribution in [-0.2, 0) is 10.2 Å². The summed E-state index contributed by atoms with van der Waals surface area (Å²) in [7, 11) is 1.86. The summed E-state index contributed by atoms with van der Waals surface area (Å²) in [5, 5.41) is 8.12. The molecule has 1 aliphatic carbocycles. The molecular weight excluding hydrogens is 372 g/mol. The Balaban J connectivity index is 1.36. The summed E-state index contributed by atoms with van der Waals surface area (Å²) < 4.78 is 5.65. The largest absolute Gasteiger partial charge is 0.381 e. The van der Waals surface area contributed by atoms with Gasteiger partial charge < -0.3 is 20.3 Å². The van der Waals surface area contributed by atoms with E-state index in [0.717, 1.165) is 49.6 Å². The zero-order chi connectivity index (χ0) is 19.4. The highest BCUT2D eigenvalue weighted by Gasteiger charge is 2.36. The van der Waals surface area contributed by atoms with Crippen molar-refractivity contribution in [3.63, 3.8) is 0 Å². The SMILES string of the molecule is CN=C(NCC1(c2ccccc2Cl)CCOCC1)NC1CCN(C2CC2)CC1. The third-order valence-electron chi connectivity index (χ3n) is 6.65. The van der Waals surface area contributed by atoms with E-state index in [1.165, 1.54) is 44.3 Å². The number of nitrogens with one attached hydrogen (secondary N) is 2. The molecule has 154 valence electrons. The minimum absolute atomic E-state index is 0.0104. The van der Waals surface area contributed by atoms with Crippen molar-refractivity contribution in [1.82, 2.24) is 15.5 Å². The van der Waals surface area contributed by atoms with E-state index in [1.54, 1.807) is 0 Å². The van der Waals surface area contributed by atoms with Gasteiger partial charge in [-0.1, -0.05) is 29.8 Å². The summed E-state index contributed by atoms with van der Waals surface area (Å²) in [6, 6.07) is 9.63. The van der Waals surface area contributed by atoms with E-state index in [0.29, 0.717) is 6.04 Å². The third kappa shape index (κ3) is 4.64. The van der Waals surface area contributed by atoms with Crippen molar-refractivity contribution in [1.29, 1.82) is 0 Å². The highest BCUT2D eigenvalue weighted by Crippen LogP contribution is 2.38. The summed E-state index contributed by atoms with van der Waals surface area (Å²) in [5.41, 5.74) is 1.21. The molecule has 1 aromatic carbocycles. The quantitative estimate of drug-likeness (QED) is 0.584. The molecule has 2 saturated heterocycles. The topological polar surface area (TPSA) is 48.9 Å². The Labute approximate surface area is 173 Å². The van der Waals surface area contributed by atoms with Crippen LogP contribution in [0.4, 0.5) is 0 Å². The predicted molar refractivity (Wildman–Crippen MR) is 115 cm³/mol. The zero-order valence-corrected chi connectivity index (χ0v) is 17.7. The van der Waals surface area contributed by atoms with E-state index in [2.05, 4.69) is 32.7 Å². The summed E-state index contributed by atoms with van der Waals surface area (Å²) in [6.45, 7) is 4.79. The van der Waals surface area contributed by atoms with E-state index in [4.69, 9.17) is 16.3 Å². The number of rotatable bonds is 5. The van der Waals surface area contributed by atoms with Crippen molar-refractivity contribution in [3.05, 3.63) is 34.9 Å². The van der Waals surface area contributed by atoms with Gasteiger partial charge in [-0.15, -0.1) is 0 Å². The van der Waals surface area contributed by atoms with Gasteiger partial charge in [-0.25, -0.2) is 0 Å². The molecule has 3 fully saturated rings. The first-order valence-corrected chi connectivity index (χ1v) is 11.1. The van der Waals surface area contributed by atoms with Gasteiger partial charge in [0.1, 0.15) is 0 Å². The van der Waals surface area contributed by atoms with Gasteiger partial charge in [-0.05, 0) is 50.2 Å². The van der Waals surface area contributed by atoms with Crippen LogP contribution in [0.5, 0.6) is 0 Å². The number of halogens is 1. The number of ether oxygens (including phenoxy) is 1. The molecule has 2 aliphatic heterocycles. The second-order valence-electron chi connectivity index (χ2n) is 8.48. The lowest BCUT2D eigenvalue weighted by Crippen LogP contribution is -2.52. The fourth-order valence-electron chi connectivity index (χ4n) is 4.68. The Kier molecular flexibility index (Phi) is 6.44. The van der Waals surface area contributed by atoms with Crippen molar-refractivity contribution < 1.29 is 4.74 Å². The number of hydrogen-bond acceptors (Lipinski definition) is 3. The second kappa shape index (κ2) is 9.02. The van der Waals surface area contributed by atoms with Gasteiger partial charge in [-0.2, -0.15) is 0 Å². The van der Waals surface area contributed by atoms with Crippen LogP contribution in [0.2, 0.25) is 5.02 Å². The molecule has 5 nitrogen and oxygen atoms in total. The molecule has 0 unspecified atom stereocenters. The van der Waals surface area contributed by atoms with E-state index in [-0.39, 0.29) is 5.41 Å². The molecule has 4 rings (SSSR count). The number of piperidine rings is 1. The molecule has 3 aliphatic rings. The molecule has 6 heteroatoms. The van der Waals surface area contributed by atoms with Crippen LogP contribution in [0.1, 0.15) is 44.1 Å². The number of likely N-dealkylation sites (tertiary alicyclic amines) is 1. The molecule has 0 atom stereocenters. The molecule has 1 saturated carbocycles. The third-order valence-corrected chi connectivity index (χ3v) is 6.98. The Morgan fingerprint density at radius 1 is 1.18 bits per heavy atom. The van der Waals surface area contributed by atoms with Crippen LogP contribution in [0, 0.1) is 0 Å². The molecule has 2 N–H and O–H groups in total. The van der Waals surface area contributed by atoms with E-state index >= 15 is 0 Å².